The second-order valence-corrected chi connectivity index (χ2v) is 7.44. The molecule has 1 aromatic rings. The highest BCUT2D eigenvalue weighted by Crippen LogP contribution is 2.35. The van der Waals surface area contributed by atoms with E-state index in [-0.39, 0.29) is 17.6 Å². The molecule has 0 aliphatic carbocycles. The fourth-order valence-electron chi connectivity index (χ4n) is 4.56. The molecule has 1 aromatic carbocycles. The monoisotopic (exact) mass is 337 g/mol. The van der Waals surface area contributed by atoms with Crippen LogP contribution in [0.4, 0.5) is 8.78 Å². The fraction of sp³-hybridized carbons (Fsp3) is 0.667. The molecule has 6 heteroatoms. The van der Waals surface area contributed by atoms with Gasteiger partial charge >= 0.3 is 0 Å². The molecule has 0 saturated carbocycles. The minimum atomic E-state index is -0.566. The first kappa shape index (κ1) is 16.4. The summed E-state index contributed by atoms with van der Waals surface area (Å²) in [6.45, 7) is 4.92. The standard InChI is InChI=1S/C18H25F2N3O/c19-13-1-2-16(20)15(5-13)18-17(21)6-14(10-24-18)23-8-11-3-4-22-7-12(11)9-23/h1-2,5,11-12,14,17-18,22H,3-4,6-10,21H2. The number of likely N-dealkylation sites (tertiary alicyclic amines) is 1. The predicted molar refractivity (Wildman–Crippen MR) is 87.5 cm³/mol. The van der Waals surface area contributed by atoms with Gasteiger partial charge in [-0.1, -0.05) is 0 Å². The SMILES string of the molecule is NC1CC(N2CC3CCNCC3C2)COC1c1cc(F)ccc1F. The van der Waals surface area contributed by atoms with Gasteiger partial charge in [-0.25, -0.2) is 8.78 Å². The average molecular weight is 337 g/mol. The lowest BCUT2D eigenvalue weighted by molar-refractivity contribution is -0.0480. The molecule has 3 saturated heterocycles. The number of benzene rings is 1. The first-order valence-electron chi connectivity index (χ1n) is 8.88. The smallest absolute Gasteiger partial charge is 0.129 e. The molecule has 132 valence electrons. The number of halogens is 2. The first-order valence-corrected chi connectivity index (χ1v) is 8.88. The third kappa shape index (κ3) is 3.08. The minimum absolute atomic E-state index is 0.236. The Kier molecular flexibility index (Phi) is 4.56. The number of rotatable bonds is 2. The highest BCUT2D eigenvalue weighted by molar-refractivity contribution is 5.23. The summed E-state index contributed by atoms with van der Waals surface area (Å²) in [6.07, 6.45) is 1.43. The first-order chi connectivity index (χ1) is 11.6. The van der Waals surface area contributed by atoms with Crippen LogP contribution in [0.5, 0.6) is 0 Å². The van der Waals surface area contributed by atoms with Crippen molar-refractivity contribution in [2.45, 2.75) is 31.0 Å². The van der Waals surface area contributed by atoms with E-state index in [1.807, 2.05) is 0 Å². The summed E-state index contributed by atoms with van der Waals surface area (Å²) in [5.41, 5.74) is 6.52. The molecule has 0 radical (unpaired) electrons. The zero-order valence-corrected chi connectivity index (χ0v) is 13.8. The summed E-state index contributed by atoms with van der Waals surface area (Å²) in [5.74, 6) is 0.572. The summed E-state index contributed by atoms with van der Waals surface area (Å²) in [4.78, 5) is 2.49. The zero-order valence-electron chi connectivity index (χ0n) is 13.8. The molecular formula is C18H25F2N3O. The molecule has 3 N–H and O–H groups in total. The summed E-state index contributed by atoms with van der Waals surface area (Å²) >= 11 is 0. The van der Waals surface area contributed by atoms with E-state index in [0.29, 0.717) is 12.5 Å². The molecule has 0 amide bonds. The molecule has 24 heavy (non-hydrogen) atoms. The van der Waals surface area contributed by atoms with Crippen LogP contribution in [-0.4, -0.2) is 49.8 Å². The highest BCUT2D eigenvalue weighted by Gasteiger charge is 2.40. The number of nitrogens with zero attached hydrogens (tertiary/aromatic N) is 1. The molecule has 3 aliphatic heterocycles. The van der Waals surface area contributed by atoms with Gasteiger partial charge in [0.25, 0.3) is 0 Å². The number of hydrogen-bond acceptors (Lipinski definition) is 4. The Morgan fingerprint density at radius 3 is 2.83 bits per heavy atom. The molecular weight excluding hydrogens is 312 g/mol. The molecule has 4 rings (SSSR count). The van der Waals surface area contributed by atoms with E-state index >= 15 is 0 Å². The predicted octanol–water partition coefficient (Wildman–Crippen LogP) is 1.66. The van der Waals surface area contributed by atoms with E-state index < -0.39 is 17.7 Å². The number of fused-ring (bicyclic) bond motifs is 1. The average Bonchev–Trinajstić information content (AvgIpc) is 3.01. The van der Waals surface area contributed by atoms with Gasteiger partial charge in [0.1, 0.15) is 17.7 Å². The normalized spacial score (nSPS) is 37.4. The van der Waals surface area contributed by atoms with Crippen LogP contribution in [0.25, 0.3) is 0 Å². The summed E-state index contributed by atoms with van der Waals surface area (Å²) in [5, 5.41) is 3.47. The van der Waals surface area contributed by atoms with Crippen molar-refractivity contribution in [3.8, 4) is 0 Å². The molecule has 4 nitrogen and oxygen atoms in total. The van der Waals surface area contributed by atoms with Crippen LogP contribution >= 0.6 is 0 Å². The van der Waals surface area contributed by atoms with E-state index in [2.05, 4.69) is 10.2 Å². The Hall–Kier alpha value is -1.08. The lowest BCUT2D eigenvalue weighted by Gasteiger charge is -2.39. The molecule has 3 heterocycles. The van der Waals surface area contributed by atoms with E-state index in [0.717, 1.165) is 50.7 Å². The van der Waals surface area contributed by atoms with Crippen LogP contribution in [0.15, 0.2) is 18.2 Å². The second kappa shape index (κ2) is 6.67. The second-order valence-electron chi connectivity index (χ2n) is 7.44. The van der Waals surface area contributed by atoms with Crippen LogP contribution in [0.1, 0.15) is 24.5 Å². The number of hydrogen-bond donors (Lipinski definition) is 2. The largest absolute Gasteiger partial charge is 0.370 e. The van der Waals surface area contributed by atoms with Crippen molar-refractivity contribution in [3.63, 3.8) is 0 Å². The Morgan fingerprint density at radius 2 is 2.04 bits per heavy atom. The van der Waals surface area contributed by atoms with Crippen LogP contribution in [-0.2, 0) is 4.74 Å². The van der Waals surface area contributed by atoms with Crippen LogP contribution in [0.2, 0.25) is 0 Å². The van der Waals surface area contributed by atoms with Crippen LogP contribution < -0.4 is 11.1 Å². The van der Waals surface area contributed by atoms with Crippen LogP contribution in [0, 0.1) is 23.5 Å². The van der Waals surface area contributed by atoms with Gasteiger partial charge in [-0.15, -0.1) is 0 Å². The maximum Gasteiger partial charge on any atom is 0.129 e. The maximum absolute atomic E-state index is 14.0. The van der Waals surface area contributed by atoms with E-state index in [4.69, 9.17) is 10.5 Å². The maximum atomic E-state index is 14.0. The number of nitrogens with one attached hydrogen (secondary N) is 1. The van der Waals surface area contributed by atoms with Crippen molar-refractivity contribution in [1.29, 1.82) is 0 Å². The van der Waals surface area contributed by atoms with Gasteiger partial charge < -0.3 is 15.8 Å². The van der Waals surface area contributed by atoms with Gasteiger partial charge in [0, 0.05) is 30.7 Å². The Labute approximate surface area is 141 Å². The van der Waals surface area contributed by atoms with Gasteiger partial charge in [-0.05, 0) is 56.0 Å². The molecule has 3 aliphatic rings. The molecule has 3 fully saturated rings. The van der Waals surface area contributed by atoms with E-state index in [1.165, 1.54) is 12.5 Å². The Morgan fingerprint density at radius 1 is 1.21 bits per heavy atom. The highest BCUT2D eigenvalue weighted by atomic mass is 19.1. The summed E-state index contributed by atoms with van der Waals surface area (Å²) < 4.78 is 33.4. The molecule has 5 unspecified atom stereocenters. The van der Waals surface area contributed by atoms with Gasteiger partial charge in [-0.2, -0.15) is 0 Å². The minimum Gasteiger partial charge on any atom is -0.370 e. The van der Waals surface area contributed by atoms with Gasteiger partial charge in [0.05, 0.1) is 6.61 Å². The van der Waals surface area contributed by atoms with Crippen LogP contribution in [0.3, 0.4) is 0 Å². The third-order valence-corrected chi connectivity index (χ3v) is 5.89. The summed E-state index contributed by atoms with van der Waals surface area (Å²) in [6, 6.07) is 3.43. The molecule has 0 bridgehead atoms. The molecule has 0 aromatic heterocycles. The lowest BCUT2D eigenvalue weighted by Crippen LogP contribution is -2.48. The molecule has 5 atom stereocenters. The van der Waals surface area contributed by atoms with Crippen molar-refractivity contribution in [2.75, 3.05) is 32.8 Å². The van der Waals surface area contributed by atoms with E-state index in [1.54, 1.807) is 0 Å². The van der Waals surface area contributed by atoms with Crippen molar-refractivity contribution >= 4 is 0 Å². The zero-order chi connectivity index (χ0) is 16.7. The van der Waals surface area contributed by atoms with Gasteiger partial charge in [-0.3, -0.25) is 4.90 Å². The van der Waals surface area contributed by atoms with E-state index in [9.17, 15) is 8.78 Å². The van der Waals surface area contributed by atoms with Crippen molar-refractivity contribution in [3.05, 3.63) is 35.4 Å². The lowest BCUT2D eigenvalue weighted by atomic mass is 9.90. The van der Waals surface area contributed by atoms with Gasteiger partial charge in [0.15, 0.2) is 0 Å². The number of nitrogens with two attached hydrogens (primary N) is 1. The Bertz CT molecular complexity index is 586. The quantitative estimate of drug-likeness (QED) is 0.862. The number of ether oxygens (including phenoxy) is 1. The van der Waals surface area contributed by atoms with Crippen molar-refractivity contribution in [2.24, 2.45) is 17.6 Å². The fourth-order valence-corrected chi connectivity index (χ4v) is 4.56. The van der Waals surface area contributed by atoms with Crippen molar-refractivity contribution < 1.29 is 13.5 Å². The van der Waals surface area contributed by atoms with Crippen molar-refractivity contribution in [1.82, 2.24) is 10.2 Å². The Balaban J connectivity index is 1.42. The van der Waals surface area contributed by atoms with Gasteiger partial charge in [0.2, 0.25) is 0 Å². The molecule has 0 spiro atoms. The third-order valence-electron chi connectivity index (χ3n) is 5.89. The topological polar surface area (TPSA) is 50.5 Å². The number of piperidine rings is 1. The summed E-state index contributed by atoms with van der Waals surface area (Å²) in [7, 11) is 0.